The summed E-state index contributed by atoms with van der Waals surface area (Å²) in [5.74, 6) is 0. The second kappa shape index (κ2) is 6.45. The molecule has 6 heteroatoms. The second-order valence-electron chi connectivity index (χ2n) is 4.00. The molecule has 0 saturated heterocycles. The van der Waals surface area contributed by atoms with Crippen LogP contribution in [0, 0.1) is 0 Å². The van der Waals surface area contributed by atoms with Crippen molar-refractivity contribution in [3.8, 4) is 0 Å². The molecule has 2 nitrogen and oxygen atoms in total. The fourth-order valence-corrected chi connectivity index (χ4v) is 2.13. The first kappa shape index (κ1) is 15.3. The number of thioether (sulfide) groups is 1. The maximum absolute atomic E-state index is 12.1. The van der Waals surface area contributed by atoms with Gasteiger partial charge in [0, 0.05) is 4.90 Å². The predicted octanol–water partition coefficient (Wildman–Crippen LogP) is 3.46. The van der Waals surface area contributed by atoms with Crippen LogP contribution in [0.3, 0.4) is 0 Å². The van der Waals surface area contributed by atoms with Crippen molar-refractivity contribution in [3.63, 3.8) is 0 Å². The van der Waals surface area contributed by atoms with Gasteiger partial charge in [0.05, 0.1) is 12.1 Å². The van der Waals surface area contributed by atoms with Gasteiger partial charge < -0.3 is 10.8 Å². The Labute approximate surface area is 108 Å². The number of benzene rings is 1. The first-order chi connectivity index (χ1) is 8.33. The van der Waals surface area contributed by atoms with Crippen molar-refractivity contribution < 1.29 is 18.3 Å². The highest BCUT2D eigenvalue weighted by Gasteiger charge is 2.29. The fraction of sp³-hybridized carbons (Fsp3) is 0.500. The number of aliphatic hydroxyl groups is 1. The van der Waals surface area contributed by atoms with Crippen LogP contribution < -0.4 is 5.73 Å². The van der Waals surface area contributed by atoms with Crippen molar-refractivity contribution in [2.24, 2.45) is 5.73 Å². The van der Waals surface area contributed by atoms with E-state index in [4.69, 9.17) is 5.73 Å². The Hall–Kier alpha value is -0.720. The number of hydrogen-bond donors (Lipinski definition) is 2. The van der Waals surface area contributed by atoms with Crippen LogP contribution in [0.15, 0.2) is 29.2 Å². The van der Waals surface area contributed by atoms with E-state index in [9.17, 15) is 18.3 Å². The van der Waals surface area contributed by atoms with Crippen molar-refractivity contribution in [3.05, 3.63) is 29.8 Å². The van der Waals surface area contributed by atoms with E-state index in [2.05, 4.69) is 0 Å². The van der Waals surface area contributed by atoms with Gasteiger partial charge in [-0.25, -0.2) is 0 Å². The topological polar surface area (TPSA) is 46.2 Å². The van der Waals surface area contributed by atoms with E-state index in [0.29, 0.717) is 12.0 Å². The average Bonchev–Trinajstić information content (AvgIpc) is 2.27. The zero-order valence-electron chi connectivity index (χ0n) is 9.95. The van der Waals surface area contributed by atoms with E-state index >= 15 is 0 Å². The lowest BCUT2D eigenvalue weighted by Crippen LogP contribution is -2.25. The van der Waals surface area contributed by atoms with E-state index in [0.717, 1.165) is 6.42 Å². The van der Waals surface area contributed by atoms with Crippen molar-refractivity contribution in [1.29, 1.82) is 0 Å². The predicted molar refractivity (Wildman–Crippen MR) is 66.2 cm³/mol. The number of halogens is 3. The van der Waals surface area contributed by atoms with Crippen molar-refractivity contribution in [2.45, 2.75) is 42.3 Å². The molecule has 1 aromatic rings. The molecule has 1 rings (SSSR count). The van der Waals surface area contributed by atoms with Crippen LogP contribution in [0.2, 0.25) is 0 Å². The molecule has 3 N–H and O–H groups in total. The lowest BCUT2D eigenvalue weighted by Gasteiger charge is -2.18. The number of alkyl halides is 3. The summed E-state index contributed by atoms with van der Waals surface area (Å²) in [4.78, 5) is 0.114. The Morgan fingerprint density at radius 3 is 2.28 bits per heavy atom. The van der Waals surface area contributed by atoms with Crippen LogP contribution in [0.4, 0.5) is 13.2 Å². The monoisotopic (exact) mass is 279 g/mol. The van der Waals surface area contributed by atoms with Crippen LogP contribution in [-0.4, -0.2) is 16.7 Å². The molecule has 0 fully saturated rings. The first-order valence-corrected chi connectivity index (χ1v) is 6.44. The van der Waals surface area contributed by atoms with Gasteiger partial charge in [-0.05, 0) is 35.9 Å². The van der Waals surface area contributed by atoms with Gasteiger partial charge in [0.2, 0.25) is 0 Å². The number of hydrogen-bond acceptors (Lipinski definition) is 3. The van der Waals surface area contributed by atoms with Crippen LogP contribution in [-0.2, 0) is 0 Å². The summed E-state index contributed by atoms with van der Waals surface area (Å²) in [6.07, 6.45) is 0.702. The largest absolute Gasteiger partial charge is 0.446 e. The van der Waals surface area contributed by atoms with E-state index < -0.39 is 17.7 Å². The van der Waals surface area contributed by atoms with Crippen molar-refractivity contribution in [1.82, 2.24) is 0 Å². The zero-order valence-corrected chi connectivity index (χ0v) is 10.8. The lowest BCUT2D eigenvalue weighted by molar-refractivity contribution is -0.0328. The third-order valence-electron chi connectivity index (χ3n) is 2.50. The molecule has 0 spiro atoms. The molecular formula is C12H16F3NOS. The van der Waals surface area contributed by atoms with Gasteiger partial charge in [-0.15, -0.1) is 0 Å². The third-order valence-corrected chi connectivity index (χ3v) is 3.24. The summed E-state index contributed by atoms with van der Waals surface area (Å²) in [6, 6.07) is 5.22. The number of nitrogens with two attached hydrogens (primary N) is 1. The molecule has 0 bridgehead atoms. The summed E-state index contributed by atoms with van der Waals surface area (Å²) in [5, 5.41) is 9.72. The quantitative estimate of drug-likeness (QED) is 0.811. The molecule has 0 unspecified atom stereocenters. The van der Waals surface area contributed by atoms with Gasteiger partial charge in [0.1, 0.15) is 0 Å². The normalized spacial score (nSPS) is 15.4. The van der Waals surface area contributed by atoms with Gasteiger partial charge in [-0.3, -0.25) is 0 Å². The van der Waals surface area contributed by atoms with Crippen molar-refractivity contribution in [2.75, 3.05) is 0 Å². The molecule has 0 heterocycles. The fourth-order valence-electron chi connectivity index (χ4n) is 1.59. The van der Waals surface area contributed by atoms with Crippen LogP contribution in [0.5, 0.6) is 0 Å². The molecule has 0 saturated carbocycles. The summed E-state index contributed by atoms with van der Waals surface area (Å²) in [6.45, 7) is 1.93. The van der Waals surface area contributed by atoms with E-state index in [1.165, 1.54) is 24.3 Å². The van der Waals surface area contributed by atoms with Gasteiger partial charge in [0.15, 0.2) is 0 Å². The molecule has 2 atom stereocenters. The maximum atomic E-state index is 12.1. The molecule has 0 radical (unpaired) electrons. The standard InChI is InChI=1S/C12H16F3NOS/c1-2-3-10(17)11(16)8-4-6-9(7-5-8)18-12(13,14)15/h4-7,10-11,17H,2-3,16H2,1H3/t10-,11+/m1/s1. The Morgan fingerprint density at radius 2 is 1.83 bits per heavy atom. The summed E-state index contributed by atoms with van der Waals surface area (Å²) >= 11 is -0.163. The Morgan fingerprint density at radius 1 is 1.28 bits per heavy atom. The van der Waals surface area contributed by atoms with Gasteiger partial charge in [0.25, 0.3) is 0 Å². The van der Waals surface area contributed by atoms with E-state index in [1.54, 1.807) is 0 Å². The van der Waals surface area contributed by atoms with Gasteiger partial charge in [-0.1, -0.05) is 25.5 Å². The lowest BCUT2D eigenvalue weighted by atomic mass is 9.99. The molecular weight excluding hydrogens is 263 g/mol. The summed E-state index contributed by atoms with van der Waals surface area (Å²) < 4.78 is 36.4. The maximum Gasteiger partial charge on any atom is 0.446 e. The summed E-state index contributed by atoms with van der Waals surface area (Å²) in [7, 11) is 0. The van der Waals surface area contributed by atoms with Gasteiger partial charge >= 0.3 is 5.51 Å². The van der Waals surface area contributed by atoms with E-state index in [-0.39, 0.29) is 16.7 Å². The van der Waals surface area contributed by atoms with Crippen LogP contribution in [0.25, 0.3) is 0 Å². The Bertz CT molecular complexity index is 367. The van der Waals surface area contributed by atoms with Crippen molar-refractivity contribution >= 4 is 11.8 Å². The highest BCUT2D eigenvalue weighted by molar-refractivity contribution is 8.00. The molecule has 0 aromatic heterocycles. The molecule has 102 valence electrons. The number of aliphatic hydroxyl groups excluding tert-OH is 1. The molecule has 0 aliphatic heterocycles. The smallest absolute Gasteiger partial charge is 0.391 e. The van der Waals surface area contributed by atoms with E-state index in [1.807, 2.05) is 6.92 Å². The minimum atomic E-state index is -4.29. The zero-order chi connectivity index (χ0) is 13.8. The number of rotatable bonds is 5. The highest BCUT2D eigenvalue weighted by atomic mass is 32.2. The first-order valence-electron chi connectivity index (χ1n) is 5.63. The molecule has 1 aromatic carbocycles. The van der Waals surface area contributed by atoms with Gasteiger partial charge in [-0.2, -0.15) is 13.2 Å². The van der Waals surface area contributed by atoms with Crippen LogP contribution in [0.1, 0.15) is 31.4 Å². The average molecular weight is 279 g/mol. The van der Waals surface area contributed by atoms with Crippen LogP contribution >= 0.6 is 11.8 Å². The SMILES string of the molecule is CCC[C@@H](O)[C@@H](N)c1ccc(SC(F)(F)F)cc1. The minimum absolute atomic E-state index is 0.114. The summed E-state index contributed by atoms with van der Waals surface area (Å²) in [5.41, 5.74) is 2.18. The molecule has 0 aliphatic carbocycles. The Kier molecular flexibility index (Phi) is 5.49. The molecule has 0 aliphatic rings. The minimum Gasteiger partial charge on any atom is -0.391 e. The molecule has 18 heavy (non-hydrogen) atoms. The third kappa shape index (κ3) is 4.88. The Balaban J connectivity index is 2.70. The highest BCUT2D eigenvalue weighted by Crippen LogP contribution is 2.37. The second-order valence-corrected chi connectivity index (χ2v) is 5.14. The molecule has 0 amide bonds.